The molecule has 0 heterocycles. The van der Waals surface area contributed by atoms with E-state index in [2.05, 4.69) is 10.0 Å². The van der Waals surface area contributed by atoms with E-state index in [1.165, 1.54) is 0 Å². The largest absolute Gasteiger partial charge is 0.399 e. The van der Waals surface area contributed by atoms with Gasteiger partial charge in [-0.25, -0.2) is 0 Å². The molecule has 0 unspecified atom stereocenters. The van der Waals surface area contributed by atoms with Crippen LogP contribution < -0.4 is 5.73 Å². The van der Waals surface area contributed by atoms with Gasteiger partial charge in [-0.15, -0.1) is 0 Å². The van der Waals surface area contributed by atoms with Crippen molar-refractivity contribution in [2.24, 2.45) is 5.11 Å². The van der Waals surface area contributed by atoms with Crippen molar-refractivity contribution in [1.82, 2.24) is 0 Å². The van der Waals surface area contributed by atoms with Crippen LogP contribution in [0.1, 0.15) is 11.1 Å². The molecule has 12 heavy (non-hydrogen) atoms. The summed E-state index contributed by atoms with van der Waals surface area (Å²) in [5, 5.41) is 3.51. The molecule has 0 saturated heterocycles. The van der Waals surface area contributed by atoms with Gasteiger partial charge in [0.1, 0.15) is 0 Å². The van der Waals surface area contributed by atoms with Crippen molar-refractivity contribution in [3.8, 4) is 0 Å². The van der Waals surface area contributed by atoms with Crippen LogP contribution in [0.25, 0.3) is 10.4 Å². The second-order valence-electron chi connectivity index (χ2n) is 2.68. The van der Waals surface area contributed by atoms with Gasteiger partial charge in [0.2, 0.25) is 0 Å². The second-order valence-corrected chi connectivity index (χ2v) is 2.68. The number of hydrogen-bond acceptors (Lipinski definition) is 2. The van der Waals surface area contributed by atoms with E-state index in [-0.39, 0.29) is 0 Å². The Kier molecular flexibility index (Phi) is 2.21. The van der Waals surface area contributed by atoms with E-state index in [1.54, 1.807) is 6.07 Å². The first-order valence-corrected chi connectivity index (χ1v) is 3.57. The molecular formula is C8H10N4. The first-order chi connectivity index (χ1) is 5.65. The summed E-state index contributed by atoms with van der Waals surface area (Å²) in [5.41, 5.74) is 17.1. The van der Waals surface area contributed by atoms with Gasteiger partial charge < -0.3 is 5.73 Å². The molecule has 1 aromatic carbocycles. The van der Waals surface area contributed by atoms with E-state index in [0.29, 0.717) is 11.4 Å². The fraction of sp³-hybridized carbons (Fsp3) is 0.250. The van der Waals surface area contributed by atoms with E-state index >= 15 is 0 Å². The lowest BCUT2D eigenvalue weighted by Gasteiger charge is -2.03. The molecule has 0 aliphatic rings. The Balaban J connectivity index is 3.32. The Hall–Kier alpha value is -1.67. The van der Waals surface area contributed by atoms with Gasteiger partial charge in [0, 0.05) is 16.3 Å². The van der Waals surface area contributed by atoms with Crippen LogP contribution in [0, 0.1) is 13.8 Å². The molecule has 1 aromatic rings. The normalized spacial score (nSPS) is 9.17. The molecule has 0 spiro atoms. The van der Waals surface area contributed by atoms with Crippen LogP contribution in [0.5, 0.6) is 0 Å². The van der Waals surface area contributed by atoms with Crippen LogP contribution in [0.15, 0.2) is 17.2 Å². The monoisotopic (exact) mass is 162 g/mol. The van der Waals surface area contributed by atoms with Gasteiger partial charge in [0.05, 0.1) is 0 Å². The molecule has 0 bridgehead atoms. The van der Waals surface area contributed by atoms with Gasteiger partial charge in [-0.05, 0) is 36.6 Å². The number of nitrogens with zero attached hydrogens (tertiary/aromatic N) is 3. The van der Waals surface area contributed by atoms with Gasteiger partial charge in [0.25, 0.3) is 0 Å². The molecule has 4 heteroatoms. The quantitative estimate of drug-likeness (QED) is 0.293. The minimum atomic E-state index is 0.598. The number of hydrogen-bond donors (Lipinski definition) is 1. The highest BCUT2D eigenvalue weighted by Crippen LogP contribution is 2.24. The highest BCUT2D eigenvalue weighted by Gasteiger charge is 1.99. The molecule has 2 N–H and O–H groups in total. The maximum Gasteiger partial charge on any atom is 0.0425 e. The third kappa shape index (κ3) is 1.49. The fourth-order valence-corrected chi connectivity index (χ4v) is 1.01. The van der Waals surface area contributed by atoms with Crippen molar-refractivity contribution < 1.29 is 0 Å². The predicted molar refractivity (Wildman–Crippen MR) is 49.1 cm³/mol. The van der Waals surface area contributed by atoms with Gasteiger partial charge in [-0.3, -0.25) is 0 Å². The Labute approximate surface area is 70.6 Å². The molecule has 0 radical (unpaired) electrons. The molecule has 0 saturated carbocycles. The number of nitrogen functional groups attached to an aromatic ring is 1. The highest BCUT2D eigenvalue weighted by molar-refractivity contribution is 5.59. The molecule has 0 aliphatic carbocycles. The Morgan fingerprint density at radius 2 is 2.00 bits per heavy atom. The summed E-state index contributed by atoms with van der Waals surface area (Å²) in [4.78, 5) is 2.71. The minimum absolute atomic E-state index is 0.598. The molecule has 4 nitrogen and oxygen atoms in total. The Bertz CT molecular complexity index is 350. The summed E-state index contributed by atoms with van der Waals surface area (Å²) in [6, 6.07) is 3.59. The summed E-state index contributed by atoms with van der Waals surface area (Å²) in [6.45, 7) is 3.80. The lowest BCUT2D eigenvalue weighted by Crippen LogP contribution is -1.89. The predicted octanol–water partition coefficient (Wildman–Crippen LogP) is 2.83. The molecule has 0 amide bonds. The first-order valence-electron chi connectivity index (χ1n) is 3.57. The number of rotatable bonds is 1. The second kappa shape index (κ2) is 3.15. The van der Waals surface area contributed by atoms with Crippen molar-refractivity contribution in [3.05, 3.63) is 33.7 Å². The third-order valence-corrected chi connectivity index (χ3v) is 1.74. The zero-order valence-corrected chi connectivity index (χ0v) is 7.07. The summed E-state index contributed by atoms with van der Waals surface area (Å²) in [6.07, 6.45) is 0. The number of aryl methyl sites for hydroxylation is 2. The van der Waals surface area contributed by atoms with Crippen molar-refractivity contribution in [1.29, 1.82) is 0 Å². The van der Waals surface area contributed by atoms with E-state index in [0.717, 1.165) is 11.1 Å². The van der Waals surface area contributed by atoms with Crippen LogP contribution in [-0.4, -0.2) is 0 Å². The van der Waals surface area contributed by atoms with Crippen molar-refractivity contribution in [2.75, 3.05) is 5.73 Å². The number of nitrogens with two attached hydrogens (primary N) is 1. The van der Waals surface area contributed by atoms with Gasteiger partial charge in [0.15, 0.2) is 0 Å². The topological polar surface area (TPSA) is 74.8 Å². The van der Waals surface area contributed by atoms with Gasteiger partial charge in [-0.1, -0.05) is 11.2 Å². The zero-order valence-electron chi connectivity index (χ0n) is 7.07. The summed E-state index contributed by atoms with van der Waals surface area (Å²) in [7, 11) is 0. The fourth-order valence-electron chi connectivity index (χ4n) is 1.01. The lowest BCUT2D eigenvalue weighted by atomic mass is 10.1. The summed E-state index contributed by atoms with van der Waals surface area (Å²) >= 11 is 0. The lowest BCUT2D eigenvalue weighted by molar-refractivity contribution is 1.33. The van der Waals surface area contributed by atoms with E-state index in [9.17, 15) is 0 Å². The highest BCUT2D eigenvalue weighted by atomic mass is 15.1. The Morgan fingerprint density at radius 3 is 2.58 bits per heavy atom. The first kappa shape index (κ1) is 8.43. The molecule has 62 valence electrons. The summed E-state index contributed by atoms with van der Waals surface area (Å²) < 4.78 is 0. The van der Waals surface area contributed by atoms with Crippen molar-refractivity contribution in [3.63, 3.8) is 0 Å². The van der Waals surface area contributed by atoms with Gasteiger partial charge in [-0.2, -0.15) is 0 Å². The molecule has 1 rings (SSSR count). The average Bonchev–Trinajstić information content (AvgIpc) is 2.01. The third-order valence-electron chi connectivity index (χ3n) is 1.74. The molecular weight excluding hydrogens is 152 g/mol. The maximum absolute atomic E-state index is 8.22. The molecule has 0 aliphatic heterocycles. The van der Waals surface area contributed by atoms with Crippen molar-refractivity contribution in [2.45, 2.75) is 13.8 Å². The van der Waals surface area contributed by atoms with Crippen LogP contribution in [0.2, 0.25) is 0 Å². The van der Waals surface area contributed by atoms with E-state index in [1.807, 2.05) is 19.9 Å². The maximum atomic E-state index is 8.22. The number of azide groups is 1. The van der Waals surface area contributed by atoms with Crippen molar-refractivity contribution >= 4 is 11.4 Å². The Morgan fingerprint density at radius 1 is 1.33 bits per heavy atom. The van der Waals surface area contributed by atoms with Crippen LogP contribution in [0.4, 0.5) is 11.4 Å². The summed E-state index contributed by atoms with van der Waals surface area (Å²) in [5.74, 6) is 0. The number of anilines is 1. The van der Waals surface area contributed by atoms with Gasteiger partial charge >= 0.3 is 0 Å². The van der Waals surface area contributed by atoms with Crippen LogP contribution in [0.3, 0.4) is 0 Å². The van der Waals surface area contributed by atoms with E-state index < -0.39 is 0 Å². The minimum Gasteiger partial charge on any atom is -0.399 e. The van der Waals surface area contributed by atoms with E-state index in [4.69, 9.17) is 11.3 Å². The zero-order chi connectivity index (χ0) is 9.14. The smallest absolute Gasteiger partial charge is 0.0425 e. The SMILES string of the molecule is Cc1cc(C)c(N=[N+]=[N-])cc1N. The standard InChI is InChI=1S/C8H10N4/c1-5-3-6(2)8(11-12-10)4-7(5)9/h3-4H,9H2,1-2H3. The molecule has 0 atom stereocenters. The van der Waals surface area contributed by atoms with Crippen LogP contribution >= 0.6 is 0 Å². The average molecular weight is 162 g/mol. The molecule has 0 aromatic heterocycles. The number of benzene rings is 1. The molecule has 0 fully saturated rings. The van der Waals surface area contributed by atoms with Crippen LogP contribution in [-0.2, 0) is 0 Å².